The van der Waals surface area contributed by atoms with Gasteiger partial charge in [0.2, 0.25) is 0 Å². The number of hydrogen-bond donors (Lipinski definition) is 1. The van der Waals surface area contributed by atoms with Gasteiger partial charge in [0.1, 0.15) is 5.82 Å². The van der Waals surface area contributed by atoms with Crippen molar-refractivity contribution in [2.45, 2.75) is 25.4 Å². The zero-order valence-electron chi connectivity index (χ0n) is 9.17. The summed E-state index contributed by atoms with van der Waals surface area (Å²) in [5, 5.41) is 1.08. The van der Waals surface area contributed by atoms with Crippen molar-refractivity contribution in [1.82, 2.24) is 9.97 Å². The van der Waals surface area contributed by atoms with E-state index in [0.29, 0.717) is 16.1 Å². The maximum absolute atomic E-state index is 5.96. The molecular formula is C12H12Cl2N2O. The van der Waals surface area contributed by atoms with E-state index in [4.69, 9.17) is 27.9 Å². The van der Waals surface area contributed by atoms with E-state index in [9.17, 15) is 0 Å². The van der Waals surface area contributed by atoms with E-state index >= 15 is 0 Å². The number of H-pyrrole nitrogens is 1. The average molecular weight is 271 g/mol. The summed E-state index contributed by atoms with van der Waals surface area (Å²) in [6.07, 6.45) is 3.37. The summed E-state index contributed by atoms with van der Waals surface area (Å²) in [5.41, 5.74) is 1.78. The Morgan fingerprint density at radius 1 is 1.35 bits per heavy atom. The molecular weight excluding hydrogens is 259 g/mol. The Morgan fingerprint density at radius 3 is 2.94 bits per heavy atom. The molecule has 3 rings (SSSR count). The predicted octanol–water partition coefficient (Wildman–Crippen LogP) is 3.59. The molecule has 1 aromatic carbocycles. The van der Waals surface area contributed by atoms with E-state index in [2.05, 4.69) is 9.97 Å². The van der Waals surface area contributed by atoms with Crippen molar-refractivity contribution in [3.05, 3.63) is 28.0 Å². The van der Waals surface area contributed by atoms with E-state index in [0.717, 1.165) is 42.7 Å². The largest absolute Gasteiger partial charge is 0.378 e. The maximum Gasteiger partial charge on any atom is 0.109 e. The van der Waals surface area contributed by atoms with Crippen molar-refractivity contribution in [2.24, 2.45) is 0 Å². The number of nitrogens with one attached hydrogen (secondary N) is 1. The van der Waals surface area contributed by atoms with Crippen molar-refractivity contribution in [3.8, 4) is 0 Å². The van der Waals surface area contributed by atoms with Crippen molar-refractivity contribution in [3.63, 3.8) is 0 Å². The van der Waals surface area contributed by atoms with E-state index in [-0.39, 0.29) is 0 Å². The van der Waals surface area contributed by atoms with Gasteiger partial charge in [0.15, 0.2) is 0 Å². The molecule has 3 nitrogen and oxygen atoms in total. The first-order valence-corrected chi connectivity index (χ1v) is 6.43. The molecule has 90 valence electrons. The van der Waals surface area contributed by atoms with Crippen molar-refractivity contribution in [2.75, 3.05) is 6.61 Å². The van der Waals surface area contributed by atoms with Crippen molar-refractivity contribution < 1.29 is 4.74 Å². The topological polar surface area (TPSA) is 37.9 Å². The Morgan fingerprint density at radius 2 is 2.18 bits per heavy atom. The highest BCUT2D eigenvalue weighted by molar-refractivity contribution is 6.42. The molecule has 0 amide bonds. The smallest absolute Gasteiger partial charge is 0.109 e. The van der Waals surface area contributed by atoms with Crippen LogP contribution in [0.25, 0.3) is 11.0 Å². The predicted molar refractivity (Wildman–Crippen MR) is 68.8 cm³/mol. The summed E-state index contributed by atoms with van der Waals surface area (Å²) in [6, 6.07) is 3.60. The molecule has 17 heavy (non-hydrogen) atoms. The number of nitrogens with zero attached hydrogens (tertiary/aromatic N) is 1. The van der Waals surface area contributed by atoms with Crippen LogP contribution in [0.1, 0.15) is 18.7 Å². The van der Waals surface area contributed by atoms with Gasteiger partial charge in [0.05, 0.1) is 27.2 Å². The Balaban J connectivity index is 1.90. The third kappa shape index (κ3) is 2.28. The second-order valence-corrected chi connectivity index (χ2v) is 5.12. The van der Waals surface area contributed by atoms with Gasteiger partial charge in [0.25, 0.3) is 0 Å². The lowest BCUT2D eigenvalue weighted by Gasteiger charge is -2.05. The van der Waals surface area contributed by atoms with Crippen LogP contribution in [0.5, 0.6) is 0 Å². The minimum atomic E-state index is 0.293. The number of aromatic nitrogens is 2. The van der Waals surface area contributed by atoms with E-state index < -0.39 is 0 Å². The first kappa shape index (κ1) is 11.3. The number of halogens is 2. The molecule has 1 aliphatic heterocycles. The quantitative estimate of drug-likeness (QED) is 0.906. The lowest BCUT2D eigenvalue weighted by molar-refractivity contribution is 0.110. The lowest BCUT2D eigenvalue weighted by Crippen LogP contribution is -2.09. The van der Waals surface area contributed by atoms with Gasteiger partial charge in [-0.3, -0.25) is 0 Å². The third-order valence-corrected chi connectivity index (χ3v) is 3.74. The Labute approximate surface area is 109 Å². The molecule has 1 aromatic heterocycles. The third-order valence-electron chi connectivity index (χ3n) is 3.02. The second-order valence-electron chi connectivity index (χ2n) is 4.31. The van der Waals surface area contributed by atoms with Gasteiger partial charge in [-0.15, -0.1) is 0 Å². The van der Waals surface area contributed by atoms with Crippen LogP contribution < -0.4 is 0 Å². The standard InChI is InChI=1S/C12H12Cl2N2O/c13-8-5-10-11(6-9(8)14)16-12(15-10)4-7-2-1-3-17-7/h5-7H,1-4H2,(H,15,16). The van der Waals surface area contributed by atoms with Gasteiger partial charge in [-0.05, 0) is 25.0 Å². The summed E-state index contributed by atoms with van der Waals surface area (Å²) in [4.78, 5) is 7.76. The van der Waals surface area contributed by atoms with Gasteiger partial charge in [-0.1, -0.05) is 23.2 Å². The number of benzene rings is 1. The normalized spacial score (nSPS) is 20.2. The number of aromatic amines is 1. The van der Waals surface area contributed by atoms with Gasteiger partial charge >= 0.3 is 0 Å². The molecule has 0 radical (unpaired) electrons. The summed E-state index contributed by atoms with van der Waals surface area (Å²) in [5.74, 6) is 0.935. The molecule has 1 aliphatic rings. The zero-order valence-corrected chi connectivity index (χ0v) is 10.7. The number of imidazole rings is 1. The Bertz CT molecular complexity index is 508. The number of ether oxygens (including phenoxy) is 1. The van der Waals surface area contributed by atoms with Crippen LogP contribution in [-0.4, -0.2) is 22.7 Å². The zero-order chi connectivity index (χ0) is 11.8. The molecule has 2 heterocycles. The number of rotatable bonds is 2. The molecule has 2 aromatic rings. The molecule has 1 N–H and O–H groups in total. The highest BCUT2D eigenvalue weighted by atomic mass is 35.5. The summed E-state index contributed by atoms with van der Waals surface area (Å²) < 4.78 is 5.59. The van der Waals surface area contributed by atoms with Crippen LogP contribution in [-0.2, 0) is 11.2 Å². The van der Waals surface area contributed by atoms with E-state index in [1.165, 1.54) is 0 Å². The highest BCUT2D eigenvalue weighted by Crippen LogP contribution is 2.27. The second kappa shape index (κ2) is 4.48. The molecule has 1 unspecified atom stereocenters. The molecule has 1 fully saturated rings. The van der Waals surface area contributed by atoms with Crippen molar-refractivity contribution in [1.29, 1.82) is 0 Å². The van der Waals surface area contributed by atoms with Crippen LogP contribution in [0.3, 0.4) is 0 Å². The summed E-state index contributed by atoms with van der Waals surface area (Å²) in [7, 11) is 0. The van der Waals surface area contributed by atoms with Gasteiger partial charge in [-0.2, -0.15) is 0 Å². The lowest BCUT2D eigenvalue weighted by atomic mass is 10.2. The molecule has 1 saturated heterocycles. The Kier molecular flexibility index (Phi) is 2.99. The van der Waals surface area contributed by atoms with Crippen molar-refractivity contribution >= 4 is 34.2 Å². The van der Waals surface area contributed by atoms with Crippen LogP contribution in [0, 0.1) is 0 Å². The molecule has 0 saturated carbocycles. The monoisotopic (exact) mass is 270 g/mol. The molecule has 5 heteroatoms. The van der Waals surface area contributed by atoms with Gasteiger partial charge < -0.3 is 9.72 Å². The van der Waals surface area contributed by atoms with Crippen LogP contribution in [0.15, 0.2) is 12.1 Å². The fourth-order valence-electron chi connectivity index (χ4n) is 2.18. The average Bonchev–Trinajstić information content (AvgIpc) is 2.89. The van der Waals surface area contributed by atoms with Gasteiger partial charge in [0, 0.05) is 13.0 Å². The van der Waals surface area contributed by atoms with Crippen LogP contribution in [0.4, 0.5) is 0 Å². The van der Waals surface area contributed by atoms with Crippen LogP contribution in [0.2, 0.25) is 10.0 Å². The SMILES string of the molecule is Clc1cc2nc(CC3CCCO3)[nH]c2cc1Cl. The highest BCUT2D eigenvalue weighted by Gasteiger charge is 2.18. The minimum absolute atomic E-state index is 0.293. The van der Waals surface area contributed by atoms with E-state index in [1.807, 2.05) is 6.07 Å². The fourth-order valence-corrected chi connectivity index (χ4v) is 2.50. The number of fused-ring (bicyclic) bond motifs is 1. The minimum Gasteiger partial charge on any atom is -0.378 e. The van der Waals surface area contributed by atoms with Gasteiger partial charge in [-0.25, -0.2) is 4.98 Å². The summed E-state index contributed by atoms with van der Waals surface area (Å²) >= 11 is 11.9. The summed E-state index contributed by atoms with van der Waals surface area (Å²) in [6.45, 7) is 0.864. The Hall–Kier alpha value is -0.770. The maximum atomic E-state index is 5.96. The van der Waals surface area contributed by atoms with Crippen LogP contribution >= 0.6 is 23.2 Å². The molecule has 0 aliphatic carbocycles. The molecule has 0 spiro atoms. The molecule has 1 atom stereocenters. The first-order valence-electron chi connectivity index (χ1n) is 5.67. The van der Waals surface area contributed by atoms with E-state index in [1.54, 1.807) is 6.07 Å². The fraction of sp³-hybridized carbons (Fsp3) is 0.417. The molecule has 0 bridgehead atoms. The number of hydrogen-bond acceptors (Lipinski definition) is 2. The first-order chi connectivity index (χ1) is 8.22.